The lowest BCUT2D eigenvalue weighted by Gasteiger charge is -2.31. The van der Waals surface area contributed by atoms with Crippen LogP contribution in [0.4, 0.5) is 32.2 Å². The van der Waals surface area contributed by atoms with E-state index < -0.39 is 54.8 Å². The number of aliphatic hydroxyl groups is 1. The number of piperidine rings is 1. The SMILES string of the molecule is CC(O)(C(=O)N1C[C@H](F)[C@H](NC(=O)c2cc(-c3cc(CN4CCC(F)(F)CC4)c4c(N)ncnn34)ccc2Cl)C1)C(F)(F)F. The number of carbonyl (C=O) groups excluding carboxylic acids is 2. The zero-order valence-electron chi connectivity index (χ0n) is 23.2. The molecule has 17 heteroatoms. The fourth-order valence-corrected chi connectivity index (χ4v) is 5.55. The predicted molar refractivity (Wildman–Crippen MR) is 147 cm³/mol. The monoisotopic (exact) mass is 647 g/mol. The molecule has 4 N–H and O–H groups in total. The molecule has 0 bridgehead atoms. The van der Waals surface area contributed by atoms with Crippen LogP contribution in [0.2, 0.25) is 5.02 Å². The van der Waals surface area contributed by atoms with Crippen LogP contribution in [0.3, 0.4) is 0 Å². The number of likely N-dealkylation sites (tertiary alicyclic amines) is 2. The number of carbonyl (C=O) groups is 2. The van der Waals surface area contributed by atoms with Crippen LogP contribution in [-0.4, -0.2) is 97.4 Å². The molecule has 0 radical (unpaired) electrons. The number of fused-ring (bicyclic) bond motifs is 1. The van der Waals surface area contributed by atoms with Crippen molar-refractivity contribution in [3.63, 3.8) is 0 Å². The Morgan fingerprint density at radius 1 is 1.18 bits per heavy atom. The van der Waals surface area contributed by atoms with Crippen LogP contribution in [0.15, 0.2) is 30.6 Å². The molecule has 44 heavy (non-hydrogen) atoms. The number of amides is 2. The highest BCUT2D eigenvalue weighted by Crippen LogP contribution is 2.35. The van der Waals surface area contributed by atoms with E-state index >= 15 is 0 Å². The van der Waals surface area contributed by atoms with Crippen molar-refractivity contribution in [3.05, 3.63) is 46.7 Å². The summed E-state index contributed by atoms with van der Waals surface area (Å²) in [6.07, 6.45) is -6.53. The number of halogens is 7. The van der Waals surface area contributed by atoms with Gasteiger partial charge in [-0.1, -0.05) is 17.7 Å². The number of aromatic nitrogens is 3. The normalized spacial score (nSPS) is 22.2. The van der Waals surface area contributed by atoms with Crippen LogP contribution in [0.5, 0.6) is 0 Å². The second kappa shape index (κ2) is 11.4. The average Bonchev–Trinajstić information content (AvgIpc) is 3.49. The first-order valence-corrected chi connectivity index (χ1v) is 13.9. The van der Waals surface area contributed by atoms with Crippen molar-refractivity contribution in [3.8, 4) is 11.3 Å². The van der Waals surface area contributed by atoms with Crippen LogP contribution >= 0.6 is 11.6 Å². The molecule has 5 rings (SSSR count). The average molecular weight is 648 g/mol. The number of nitrogen functional groups attached to an aromatic ring is 1. The maximum atomic E-state index is 14.8. The van der Waals surface area contributed by atoms with Gasteiger partial charge in [0.25, 0.3) is 17.7 Å². The van der Waals surface area contributed by atoms with Crippen LogP contribution < -0.4 is 11.1 Å². The Kier molecular flexibility index (Phi) is 8.22. The van der Waals surface area contributed by atoms with E-state index in [4.69, 9.17) is 17.3 Å². The van der Waals surface area contributed by atoms with Crippen LogP contribution in [0, 0.1) is 0 Å². The molecule has 4 heterocycles. The van der Waals surface area contributed by atoms with Gasteiger partial charge in [-0.2, -0.15) is 18.3 Å². The number of nitrogens with two attached hydrogens (primary N) is 1. The third-order valence-corrected chi connectivity index (χ3v) is 8.30. The molecule has 3 atom stereocenters. The molecule has 2 amide bonds. The van der Waals surface area contributed by atoms with Gasteiger partial charge in [0.2, 0.25) is 5.60 Å². The van der Waals surface area contributed by atoms with Gasteiger partial charge in [0.15, 0.2) is 5.82 Å². The number of rotatable bonds is 6. The molecule has 1 aromatic carbocycles. The molecule has 2 aliphatic heterocycles. The van der Waals surface area contributed by atoms with Gasteiger partial charge in [-0.05, 0) is 30.7 Å². The summed E-state index contributed by atoms with van der Waals surface area (Å²) < 4.78 is 83.0. The van der Waals surface area contributed by atoms with Gasteiger partial charge in [-0.3, -0.25) is 14.5 Å². The quantitative estimate of drug-likeness (QED) is 0.350. The second-order valence-electron chi connectivity index (χ2n) is 11.2. The molecule has 2 saturated heterocycles. The number of nitrogens with zero attached hydrogens (tertiary/aromatic N) is 5. The molecule has 0 aliphatic carbocycles. The first-order valence-electron chi connectivity index (χ1n) is 13.5. The van der Waals surface area contributed by atoms with Crippen molar-refractivity contribution >= 4 is 34.7 Å². The Bertz CT molecular complexity index is 1590. The Morgan fingerprint density at radius 2 is 1.86 bits per heavy atom. The van der Waals surface area contributed by atoms with E-state index in [1.54, 1.807) is 12.1 Å². The first-order chi connectivity index (χ1) is 20.5. The molecule has 10 nitrogen and oxygen atoms in total. The smallest absolute Gasteiger partial charge is 0.382 e. The Hall–Kier alpha value is -3.63. The topological polar surface area (TPSA) is 129 Å². The Balaban J connectivity index is 1.38. The molecule has 2 fully saturated rings. The summed E-state index contributed by atoms with van der Waals surface area (Å²) in [7, 11) is 0. The van der Waals surface area contributed by atoms with Crippen LogP contribution in [0.1, 0.15) is 35.7 Å². The van der Waals surface area contributed by atoms with Crippen molar-refractivity contribution in [1.29, 1.82) is 0 Å². The molecule has 3 aromatic rings. The molecule has 2 aromatic heterocycles. The number of hydrogen-bond donors (Lipinski definition) is 3. The number of anilines is 1. The number of hydrogen-bond acceptors (Lipinski definition) is 7. The minimum absolute atomic E-state index is 0.0166. The van der Waals surface area contributed by atoms with E-state index in [1.165, 1.54) is 23.0 Å². The summed E-state index contributed by atoms with van der Waals surface area (Å²) in [6, 6.07) is 4.78. The molecular weight excluding hydrogens is 620 g/mol. The largest absolute Gasteiger partial charge is 0.426 e. The molecule has 238 valence electrons. The van der Waals surface area contributed by atoms with Gasteiger partial charge >= 0.3 is 6.18 Å². The minimum atomic E-state index is -5.29. The molecule has 1 unspecified atom stereocenters. The zero-order chi connectivity index (χ0) is 32.2. The van der Waals surface area contributed by atoms with Gasteiger partial charge < -0.3 is 21.1 Å². The lowest BCUT2D eigenvalue weighted by Crippen LogP contribution is -2.56. The van der Waals surface area contributed by atoms with Crippen LogP contribution in [-0.2, 0) is 11.3 Å². The third-order valence-electron chi connectivity index (χ3n) is 7.97. The fraction of sp³-hybridized carbons (Fsp3) is 0.481. The molecule has 0 saturated carbocycles. The number of nitrogens with one attached hydrogen (secondary N) is 1. The van der Waals surface area contributed by atoms with E-state index in [1.807, 2.05) is 4.90 Å². The Morgan fingerprint density at radius 3 is 2.52 bits per heavy atom. The van der Waals surface area contributed by atoms with E-state index in [0.717, 1.165) is 0 Å². The van der Waals surface area contributed by atoms with Crippen molar-refractivity contribution in [2.75, 3.05) is 31.9 Å². The van der Waals surface area contributed by atoms with Gasteiger partial charge in [-0.25, -0.2) is 22.7 Å². The maximum absolute atomic E-state index is 14.8. The molecule has 2 aliphatic rings. The Labute approximate surface area is 251 Å². The summed E-state index contributed by atoms with van der Waals surface area (Å²) in [4.78, 5) is 31.9. The highest BCUT2D eigenvalue weighted by Gasteiger charge is 2.58. The highest BCUT2D eigenvalue weighted by atomic mass is 35.5. The van der Waals surface area contributed by atoms with Crippen LogP contribution in [0.25, 0.3) is 16.8 Å². The second-order valence-corrected chi connectivity index (χ2v) is 11.6. The summed E-state index contributed by atoms with van der Waals surface area (Å²) >= 11 is 6.29. The third kappa shape index (κ3) is 6.02. The molecular formula is C27H28ClF6N7O3. The standard InChI is InChI=1S/C27H28ClF6N7O3/c1-25(44,27(32,33)34)24(43)40-11-18(29)19(12-40)38-23(42)16-8-14(2-3-17(16)28)20-9-15(21-22(35)36-13-37-41(20)21)10-39-6-4-26(30,31)5-7-39/h2-3,8-9,13,18-19,44H,4-7,10-12H2,1H3,(H,38,42)(H2,35,36,37)/t18-,19+,25?/m0/s1. The summed E-state index contributed by atoms with van der Waals surface area (Å²) in [5.41, 5.74) is 4.34. The van der Waals surface area contributed by atoms with E-state index in [2.05, 4.69) is 15.4 Å². The van der Waals surface area contributed by atoms with Crippen molar-refractivity contribution in [1.82, 2.24) is 29.7 Å². The van der Waals surface area contributed by atoms with Gasteiger partial charge in [-0.15, -0.1) is 0 Å². The van der Waals surface area contributed by atoms with Gasteiger partial charge in [0, 0.05) is 44.6 Å². The van der Waals surface area contributed by atoms with E-state index in [0.29, 0.717) is 27.2 Å². The highest BCUT2D eigenvalue weighted by molar-refractivity contribution is 6.34. The summed E-state index contributed by atoms with van der Waals surface area (Å²) in [5.74, 6) is -5.16. The van der Waals surface area contributed by atoms with E-state index in [-0.39, 0.29) is 55.8 Å². The number of alkyl halides is 6. The molecule has 0 spiro atoms. The first kappa shape index (κ1) is 31.8. The minimum Gasteiger partial charge on any atom is -0.382 e. The van der Waals surface area contributed by atoms with Gasteiger partial charge in [0.1, 0.15) is 18.0 Å². The lowest BCUT2D eigenvalue weighted by molar-refractivity contribution is -0.249. The van der Waals surface area contributed by atoms with Crippen molar-refractivity contribution in [2.45, 2.75) is 56.2 Å². The fourth-order valence-electron chi connectivity index (χ4n) is 5.35. The predicted octanol–water partition coefficient (Wildman–Crippen LogP) is 3.46. The summed E-state index contributed by atoms with van der Waals surface area (Å²) in [6.45, 7) is -0.467. The maximum Gasteiger partial charge on any atom is 0.426 e. The lowest BCUT2D eigenvalue weighted by atomic mass is 10.0. The van der Waals surface area contributed by atoms with Crippen molar-refractivity contribution < 1.29 is 41.0 Å². The van der Waals surface area contributed by atoms with E-state index in [9.17, 15) is 41.0 Å². The number of benzene rings is 1. The zero-order valence-corrected chi connectivity index (χ0v) is 24.0. The van der Waals surface area contributed by atoms with Crippen molar-refractivity contribution in [2.24, 2.45) is 0 Å². The van der Waals surface area contributed by atoms with Gasteiger partial charge in [0.05, 0.1) is 28.9 Å². The summed E-state index contributed by atoms with van der Waals surface area (Å²) in [5, 5.41) is 16.3.